The molecule has 3 aliphatic heterocycles. The van der Waals surface area contributed by atoms with Gasteiger partial charge in [0.25, 0.3) is 5.70 Å². The third-order valence-electron chi connectivity index (χ3n) is 10.2. The number of nitrogens with zero attached hydrogens (tertiary/aromatic N) is 1. The molecule has 16 nitrogen and oxygen atoms in total. The number of carbonyl (C=O) groups excluding carboxylic acids is 2. The van der Waals surface area contributed by atoms with E-state index in [9.17, 15) is 29.9 Å². The lowest BCUT2D eigenvalue weighted by molar-refractivity contribution is -0.427. The molecule has 1 amide bonds. The Hall–Kier alpha value is -8.24. The van der Waals surface area contributed by atoms with Gasteiger partial charge in [-0.25, -0.2) is 4.79 Å². The Morgan fingerprint density at radius 2 is 1.30 bits per heavy atom. The number of phenolic OH excluding ortho intramolecular Hbond substituents is 3. The first kappa shape index (κ1) is 50.2. The molecule has 0 bridgehead atoms. The molecule has 360 valence electrons. The number of rotatable bonds is 9. The minimum absolute atomic E-state index is 0.0257. The van der Waals surface area contributed by atoms with Gasteiger partial charge in [-0.1, -0.05) is 72.8 Å². The maximum Gasteiger partial charge on any atom is 0.408 e. The molecule has 16 heteroatoms. The van der Waals surface area contributed by atoms with Gasteiger partial charge in [0.1, 0.15) is 78.0 Å². The molecule has 0 spiro atoms. The smallest absolute Gasteiger partial charge is 0.408 e. The van der Waals surface area contributed by atoms with Gasteiger partial charge in [0.05, 0.1) is 16.5 Å². The van der Waals surface area contributed by atoms with E-state index in [0.29, 0.717) is 67.7 Å². The van der Waals surface area contributed by atoms with Gasteiger partial charge in [0.2, 0.25) is 0 Å². The normalized spacial score (nSPS) is 15.0. The highest BCUT2D eigenvalue weighted by Gasteiger charge is 2.25. The van der Waals surface area contributed by atoms with Gasteiger partial charge in [-0.2, -0.15) is 0 Å². The molecule has 3 aliphatic rings. The predicted molar refractivity (Wildman–Crippen MR) is 258 cm³/mol. The number of carbonyl (C=O) groups is 2. The highest BCUT2D eigenvalue weighted by atomic mass is 16.6. The summed E-state index contributed by atoms with van der Waals surface area (Å²) in [4.78, 5) is 32.5. The molecule has 0 aliphatic carbocycles. The van der Waals surface area contributed by atoms with Crippen molar-refractivity contribution in [1.82, 2.24) is 5.32 Å². The van der Waals surface area contributed by atoms with E-state index in [-0.39, 0.29) is 47.2 Å². The molecular formula is C53H55N3O13. The van der Waals surface area contributed by atoms with E-state index in [1.165, 1.54) is 18.2 Å². The van der Waals surface area contributed by atoms with E-state index in [4.69, 9.17) is 39.3 Å². The zero-order valence-electron chi connectivity index (χ0n) is 38.4. The lowest BCUT2D eigenvalue weighted by Crippen LogP contribution is -2.44. The fourth-order valence-electron chi connectivity index (χ4n) is 6.83. The van der Waals surface area contributed by atoms with Crippen LogP contribution in [0.4, 0.5) is 4.79 Å². The predicted octanol–water partition coefficient (Wildman–Crippen LogP) is 8.93. The molecule has 2 unspecified atom stereocenters. The second-order valence-electron chi connectivity index (χ2n) is 17.0. The Morgan fingerprint density at radius 1 is 0.739 bits per heavy atom. The Balaban J connectivity index is 0.000000154. The monoisotopic (exact) mass is 941 g/mol. The minimum atomic E-state index is -0.511. The number of hydrogen-bond acceptors (Lipinski definition) is 14. The first-order chi connectivity index (χ1) is 33.1. The van der Waals surface area contributed by atoms with Gasteiger partial charge in [-0.15, -0.1) is 0 Å². The molecule has 6 aromatic rings. The summed E-state index contributed by atoms with van der Waals surface area (Å²) >= 11 is 0. The maximum absolute atomic E-state index is 11.7. The van der Waals surface area contributed by atoms with Crippen LogP contribution in [0.15, 0.2) is 139 Å². The van der Waals surface area contributed by atoms with Crippen molar-refractivity contribution >= 4 is 18.5 Å². The molecule has 3 heterocycles. The number of nitro groups is 1. The van der Waals surface area contributed by atoms with Crippen LogP contribution in [-0.2, 0) is 30.8 Å². The molecule has 0 saturated heterocycles. The van der Waals surface area contributed by atoms with Gasteiger partial charge in [0.15, 0.2) is 12.9 Å². The van der Waals surface area contributed by atoms with E-state index in [1.807, 2.05) is 87.5 Å². The number of benzene rings is 6. The number of aromatic hydroxyl groups is 3. The Labute approximate surface area is 399 Å². The zero-order chi connectivity index (χ0) is 49.3. The number of nitrogens with one attached hydrogen (secondary N) is 1. The summed E-state index contributed by atoms with van der Waals surface area (Å²) < 4.78 is 32.6. The molecule has 9 rings (SSSR count). The second kappa shape index (κ2) is 24.0. The van der Waals surface area contributed by atoms with Crippen molar-refractivity contribution < 1.29 is 58.3 Å². The van der Waals surface area contributed by atoms with Crippen molar-refractivity contribution in [1.29, 1.82) is 0 Å². The quantitative estimate of drug-likeness (QED) is 0.0518. The molecule has 6 aromatic carbocycles. The van der Waals surface area contributed by atoms with E-state index in [1.54, 1.807) is 54.6 Å². The molecular weight excluding hydrogens is 887 g/mol. The maximum atomic E-state index is 11.7. The summed E-state index contributed by atoms with van der Waals surface area (Å²) in [7, 11) is 0. The molecule has 0 fully saturated rings. The first-order valence-electron chi connectivity index (χ1n) is 22.0. The number of amides is 1. The van der Waals surface area contributed by atoms with Crippen molar-refractivity contribution in [2.45, 2.75) is 64.5 Å². The lowest BCUT2D eigenvalue weighted by atomic mass is 10.0. The van der Waals surface area contributed by atoms with Crippen molar-refractivity contribution in [2.75, 3.05) is 19.8 Å². The summed E-state index contributed by atoms with van der Waals surface area (Å²) in [5.41, 5.74) is 10.4. The summed E-state index contributed by atoms with van der Waals surface area (Å²) in [6, 6.07) is 39.6. The van der Waals surface area contributed by atoms with Crippen LogP contribution in [0.5, 0.6) is 46.0 Å². The third kappa shape index (κ3) is 16.0. The fourth-order valence-corrected chi connectivity index (χ4v) is 6.83. The molecule has 69 heavy (non-hydrogen) atoms. The lowest BCUT2D eigenvalue weighted by Gasteiger charge is -2.27. The third-order valence-corrected chi connectivity index (χ3v) is 10.2. The average molecular weight is 942 g/mol. The minimum Gasteiger partial charge on any atom is -0.508 e. The summed E-state index contributed by atoms with van der Waals surface area (Å²) in [5.74, 6) is 3.60. The molecule has 2 atom stereocenters. The Kier molecular flexibility index (Phi) is 17.4. The van der Waals surface area contributed by atoms with E-state index < -0.39 is 16.6 Å². The average Bonchev–Trinajstić information content (AvgIpc) is 3.33. The number of fused-ring (bicyclic) bond motifs is 3. The van der Waals surface area contributed by atoms with Gasteiger partial charge in [-0.05, 0) is 92.3 Å². The van der Waals surface area contributed by atoms with Crippen molar-refractivity contribution in [3.8, 4) is 46.0 Å². The SMILES string of the molecule is CC(C)(C)OC(=O)NC1COc2cc(O)ccc2C1.NC1COc2cc(O)ccc2C1.O=Cc1ccc(OCc2ccccc2)cc1O.O=[N+]([O-])C1=Cc2ccc(OCc3ccccc3)cc2OC1. The molecule has 0 aromatic heterocycles. The summed E-state index contributed by atoms with van der Waals surface area (Å²) in [6.45, 7) is 7.25. The molecule has 0 saturated carbocycles. The molecule has 0 radical (unpaired) electrons. The van der Waals surface area contributed by atoms with E-state index in [2.05, 4.69) is 5.32 Å². The fraction of sp³-hybridized carbons (Fsp3) is 0.245. The number of hydrogen-bond donors (Lipinski definition) is 5. The van der Waals surface area contributed by atoms with Crippen LogP contribution in [0.3, 0.4) is 0 Å². The van der Waals surface area contributed by atoms with Crippen molar-refractivity contribution in [2.24, 2.45) is 5.73 Å². The van der Waals surface area contributed by atoms with Gasteiger partial charge in [-0.3, -0.25) is 14.9 Å². The molecule has 6 N–H and O–H groups in total. The van der Waals surface area contributed by atoms with Crippen LogP contribution >= 0.6 is 0 Å². The van der Waals surface area contributed by atoms with Crippen LogP contribution in [0.1, 0.15) is 58.9 Å². The van der Waals surface area contributed by atoms with Crippen LogP contribution in [-0.4, -0.2) is 70.1 Å². The van der Waals surface area contributed by atoms with Gasteiger partial charge >= 0.3 is 6.09 Å². The van der Waals surface area contributed by atoms with E-state index in [0.717, 1.165) is 34.4 Å². The van der Waals surface area contributed by atoms with Gasteiger partial charge in [0, 0.05) is 41.9 Å². The highest BCUT2D eigenvalue weighted by molar-refractivity contribution is 5.79. The van der Waals surface area contributed by atoms with Crippen LogP contribution in [0.2, 0.25) is 0 Å². The van der Waals surface area contributed by atoms with Crippen LogP contribution in [0.25, 0.3) is 6.08 Å². The largest absolute Gasteiger partial charge is 0.508 e. The number of ether oxygens (including phenoxy) is 6. The Bertz CT molecular complexity index is 2710. The number of aldehydes is 1. The van der Waals surface area contributed by atoms with Crippen LogP contribution < -0.4 is 34.7 Å². The highest BCUT2D eigenvalue weighted by Crippen LogP contribution is 2.32. The summed E-state index contributed by atoms with van der Waals surface area (Å²) in [5, 5.41) is 41.5. The van der Waals surface area contributed by atoms with E-state index >= 15 is 0 Å². The zero-order valence-corrected chi connectivity index (χ0v) is 38.4. The van der Waals surface area contributed by atoms with Crippen molar-refractivity contribution in [3.63, 3.8) is 0 Å². The first-order valence-corrected chi connectivity index (χ1v) is 22.0. The standard InChI is InChI=1S/C16H13NO4.C14H19NO4.C14H12O3.C9H11NO2/c18-17(19)14-8-13-6-7-15(9-16(13)21-11-14)20-10-12-4-2-1-3-5-12;1-14(2,3)19-13(17)15-10-6-9-4-5-11(16)7-12(9)18-8-10;15-9-12-6-7-13(8-14(12)16)17-10-11-4-2-1-3-5-11;10-7-3-6-1-2-8(11)4-9(6)12-5-7/h1-9H,10-11H2;4-5,7,10,16H,6,8H2,1-3H3,(H,15,17);1-9,16H,10H2;1-2,4,7,11H,3,5,10H2. The van der Waals surface area contributed by atoms with Gasteiger partial charge < -0.3 is 54.8 Å². The summed E-state index contributed by atoms with van der Waals surface area (Å²) in [6.07, 6.45) is 3.18. The van der Waals surface area contributed by atoms with Crippen LogP contribution in [0, 0.1) is 10.1 Å². The second-order valence-corrected chi connectivity index (χ2v) is 17.0. The topological polar surface area (TPSA) is 231 Å². The Morgan fingerprint density at radius 3 is 1.87 bits per heavy atom. The van der Waals surface area contributed by atoms with Crippen molar-refractivity contribution in [3.05, 3.63) is 183 Å². The number of alkyl carbamates (subject to hydrolysis) is 1. The number of nitrogens with two attached hydrogens (primary N) is 1. The number of phenols is 3.